The second-order valence-electron chi connectivity index (χ2n) is 7.62. The van der Waals surface area contributed by atoms with Gasteiger partial charge >= 0.3 is 0 Å². The van der Waals surface area contributed by atoms with Gasteiger partial charge < -0.3 is 10.2 Å². The maximum atomic E-state index is 12.5. The van der Waals surface area contributed by atoms with Gasteiger partial charge in [-0.2, -0.15) is 5.10 Å². The highest BCUT2D eigenvalue weighted by Gasteiger charge is 2.12. The summed E-state index contributed by atoms with van der Waals surface area (Å²) in [4.78, 5) is 29.2. The molecule has 156 valence electrons. The predicted molar refractivity (Wildman–Crippen MR) is 122 cm³/mol. The van der Waals surface area contributed by atoms with Crippen molar-refractivity contribution in [3.8, 4) is 10.6 Å². The Morgan fingerprint density at radius 3 is 2.40 bits per heavy atom. The molecule has 0 unspecified atom stereocenters. The third-order valence-corrected chi connectivity index (χ3v) is 6.30. The van der Waals surface area contributed by atoms with Gasteiger partial charge in [-0.05, 0) is 62.2 Å². The summed E-state index contributed by atoms with van der Waals surface area (Å²) in [6, 6.07) is 15.1. The zero-order valence-corrected chi connectivity index (χ0v) is 18.0. The fourth-order valence-electron chi connectivity index (χ4n) is 3.69. The number of rotatable bonds is 5. The second-order valence-corrected chi connectivity index (χ2v) is 8.91. The van der Waals surface area contributed by atoms with Gasteiger partial charge in [0.05, 0.1) is 4.88 Å². The molecular formula is C23H26N4O2S. The summed E-state index contributed by atoms with van der Waals surface area (Å²) in [6.45, 7) is 4.07. The van der Waals surface area contributed by atoms with Crippen LogP contribution in [0.15, 0.2) is 53.3 Å². The van der Waals surface area contributed by atoms with Gasteiger partial charge in [-0.15, -0.1) is 11.3 Å². The Hall–Kier alpha value is -2.93. The van der Waals surface area contributed by atoms with Crippen molar-refractivity contribution >= 4 is 28.6 Å². The number of aromatic nitrogens is 2. The van der Waals surface area contributed by atoms with Crippen LogP contribution in [-0.4, -0.2) is 28.8 Å². The largest absolute Gasteiger partial charge is 0.372 e. The van der Waals surface area contributed by atoms with Gasteiger partial charge in [0, 0.05) is 35.4 Å². The summed E-state index contributed by atoms with van der Waals surface area (Å²) in [7, 11) is 0. The number of carbonyl (C=O) groups is 1. The molecular weight excluding hydrogens is 396 g/mol. The Kier molecular flexibility index (Phi) is 6.28. The fourth-order valence-corrected chi connectivity index (χ4v) is 4.52. The van der Waals surface area contributed by atoms with Crippen LogP contribution in [0.5, 0.6) is 0 Å². The number of thiophene rings is 1. The lowest BCUT2D eigenvalue weighted by Crippen LogP contribution is -2.29. The number of nitrogens with zero attached hydrogens (tertiary/aromatic N) is 3. The second kappa shape index (κ2) is 9.26. The van der Waals surface area contributed by atoms with E-state index in [2.05, 4.69) is 15.3 Å². The molecule has 0 spiro atoms. The molecule has 1 aromatic carbocycles. The Labute approximate surface area is 180 Å². The Bertz CT molecular complexity index is 1060. The summed E-state index contributed by atoms with van der Waals surface area (Å²) in [6.07, 6.45) is 5.05. The van der Waals surface area contributed by atoms with Gasteiger partial charge in [0.2, 0.25) is 5.91 Å². The van der Waals surface area contributed by atoms with Crippen LogP contribution in [0, 0.1) is 6.92 Å². The van der Waals surface area contributed by atoms with Crippen LogP contribution in [0.1, 0.15) is 30.6 Å². The molecule has 0 saturated carbocycles. The monoisotopic (exact) mass is 422 g/mol. The Morgan fingerprint density at radius 2 is 1.73 bits per heavy atom. The number of nitrogens with one attached hydrogen (secondary N) is 1. The molecule has 0 atom stereocenters. The van der Waals surface area contributed by atoms with Gasteiger partial charge in [0.1, 0.15) is 12.2 Å². The topological polar surface area (TPSA) is 67.2 Å². The van der Waals surface area contributed by atoms with Crippen LogP contribution in [0.25, 0.3) is 10.6 Å². The molecule has 7 heteroatoms. The minimum absolute atomic E-state index is 0.120. The summed E-state index contributed by atoms with van der Waals surface area (Å²) in [5.41, 5.74) is 2.31. The smallest absolute Gasteiger partial charge is 0.267 e. The van der Waals surface area contributed by atoms with E-state index in [0.717, 1.165) is 23.7 Å². The third kappa shape index (κ3) is 4.97. The normalized spacial score (nSPS) is 14.4. The average molecular weight is 423 g/mol. The molecule has 0 bridgehead atoms. The fraction of sp³-hybridized carbons (Fsp3) is 0.348. The van der Waals surface area contributed by atoms with E-state index >= 15 is 0 Å². The van der Waals surface area contributed by atoms with Crippen molar-refractivity contribution in [3.05, 3.63) is 63.8 Å². The molecule has 1 fully saturated rings. The molecule has 30 heavy (non-hydrogen) atoms. The van der Waals surface area contributed by atoms with Gasteiger partial charge in [-0.3, -0.25) is 9.59 Å². The number of carbonyl (C=O) groups excluding carboxylic acids is 1. The van der Waals surface area contributed by atoms with Crippen LogP contribution in [0.3, 0.4) is 0 Å². The van der Waals surface area contributed by atoms with Crippen molar-refractivity contribution in [1.82, 2.24) is 9.78 Å². The highest BCUT2D eigenvalue weighted by molar-refractivity contribution is 7.15. The van der Waals surface area contributed by atoms with Crippen molar-refractivity contribution in [2.45, 2.75) is 39.2 Å². The van der Waals surface area contributed by atoms with E-state index in [1.165, 1.54) is 47.0 Å². The Morgan fingerprint density at radius 1 is 1.00 bits per heavy atom. The van der Waals surface area contributed by atoms with Crippen molar-refractivity contribution < 1.29 is 4.79 Å². The van der Waals surface area contributed by atoms with E-state index < -0.39 is 0 Å². The number of anilines is 2. The summed E-state index contributed by atoms with van der Waals surface area (Å²) in [5, 5.41) is 7.24. The minimum atomic E-state index is -0.293. The minimum Gasteiger partial charge on any atom is -0.372 e. The van der Waals surface area contributed by atoms with Crippen molar-refractivity contribution in [3.63, 3.8) is 0 Å². The van der Waals surface area contributed by atoms with E-state index in [1.54, 1.807) is 17.4 Å². The number of benzene rings is 1. The first-order chi connectivity index (χ1) is 14.6. The number of aryl methyl sites for hydroxylation is 1. The first-order valence-corrected chi connectivity index (χ1v) is 11.2. The quantitative estimate of drug-likeness (QED) is 0.666. The molecule has 3 heterocycles. The molecule has 1 amide bonds. The van der Waals surface area contributed by atoms with Crippen LogP contribution in [0.4, 0.5) is 11.4 Å². The van der Waals surface area contributed by atoms with Crippen LogP contribution in [-0.2, 0) is 11.3 Å². The maximum absolute atomic E-state index is 12.5. The molecule has 1 saturated heterocycles. The molecule has 1 aliphatic heterocycles. The molecule has 1 N–H and O–H groups in total. The van der Waals surface area contributed by atoms with Crippen LogP contribution < -0.4 is 15.8 Å². The molecule has 4 rings (SSSR count). The molecule has 0 radical (unpaired) electrons. The lowest BCUT2D eigenvalue weighted by molar-refractivity contribution is -0.117. The SMILES string of the molecule is Cc1ccc(-c2ccc(=O)n(CC(=O)Nc3ccc(N4CCCCCC4)cc3)n2)s1. The van der Waals surface area contributed by atoms with Crippen LogP contribution in [0.2, 0.25) is 0 Å². The zero-order chi connectivity index (χ0) is 20.9. The van der Waals surface area contributed by atoms with Crippen LogP contribution >= 0.6 is 11.3 Å². The van der Waals surface area contributed by atoms with Crippen molar-refractivity contribution in [1.29, 1.82) is 0 Å². The van der Waals surface area contributed by atoms with E-state index in [1.807, 2.05) is 43.3 Å². The average Bonchev–Trinajstić information content (AvgIpc) is 2.99. The zero-order valence-electron chi connectivity index (χ0n) is 17.1. The van der Waals surface area contributed by atoms with E-state index in [0.29, 0.717) is 5.69 Å². The number of hydrogen-bond donors (Lipinski definition) is 1. The molecule has 0 aliphatic carbocycles. The third-order valence-electron chi connectivity index (χ3n) is 5.28. The first-order valence-electron chi connectivity index (χ1n) is 10.4. The number of hydrogen-bond acceptors (Lipinski definition) is 5. The van der Waals surface area contributed by atoms with Gasteiger partial charge in [-0.1, -0.05) is 12.8 Å². The van der Waals surface area contributed by atoms with Crippen molar-refractivity contribution in [2.75, 3.05) is 23.3 Å². The van der Waals surface area contributed by atoms with E-state index in [4.69, 9.17) is 0 Å². The van der Waals surface area contributed by atoms with Gasteiger partial charge in [0.25, 0.3) is 5.56 Å². The highest BCUT2D eigenvalue weighted by atomic mass is 32.1. The molecule has 6 nitrogen and oxygen atoms in total. The summed E-state index contributed by atoms with van der Waals surface area (Å²) in [5.74, 6) is -0.272. The molecule has 2 aromatic heterocycles. The standard InChI is InChI=1S/C23H26N4O2S/c1-17-6-12-21(30-17)20-11-13-23(29)27(25-20)16-22(28)24-18-7-9-19(10-8-18)26-14-4-2-3-5-15-26/h6-13H,2-5,14-16H2,1H3,(H,24,28). The Balaban J connectivity index is 1.41. The van der Waals surface area contributed by atoms with E-state index in [-0.39, 0.29) is 18.0 Å². The summed E-state index contributed by atoms with van der Waals surface area (Å²) >= 11 is 1.61. The molecule has 3 aromatic rings. The lowest BCUT2D eigenvalue weighted by atomic mass is 10.2. The van der Waals surface area contributed by atoms with E-state index in [9.17, 15) is 9.59 Å². The predicted octanol–water partition coefficient (Wildman–Crippen LogP) is 4.30. The molecule has 1 aliphatic rings. The highest BCUT2D eigenvalue weighted by Crippen LogP contribution is 2.25. The lowest BCUT2D eigenvalue weighted by Gasteiger charge is -2.22. The number of amides is 1. The maximum Gasteiger partial charge on any atom is 0.267 e. The van der Waals surface area contributed by atoms with Gasteiger partial charge in [-0.25, -0.2) is 4.68 Å². The van der Waals surface area contributed by atoms with Crippen molar-refractivity contribution in [2.24, 2.45) is 0 Å². The first kappa shape index (κ1) is 20.3. The van der Waals surface area contributed by atoms with Gasteiger partial charge in [0.15, 0.2) is 0 Å². The summed E-state index contributed by atoms with van der Waals surface area (Å²) < 4.78 is 1.21.